The van der Waals surface area contributed by atoms with Crippen molar-refractivity contribution in [1.82, 2.24) is 15.5 Å². The fourth-order valence-corrected chi connectivity index (χ4v) is 2.02. The molecule has 2 N–H and O–H groups in total. The number of amides is 2. The summed E-state index contributed by atoms with van der Waals surface area (Å²) in [6.07, 6.45) is 0. The van der Waals surface area contributed by atoms with Gasteiger partial charge in [-0.25, -0.2) is 0 Å². The summed E-state index contributed by atoms with van der Waals surface area (Å²) in [6, 6.07) is 3.21. The van der Waals surface area contributed by atoms with E-state index in [1.807, 2.05) is 0 Å². The van der Waals surface area contributed by atoms with Gasteiger partial charge in [0, 0.05) is 32.6 Å². The minimum atomic E-state index is -0.314. The Hall–Kier alpha value is -1.34. The smallest absolute Gasteiger partial charge is 0.289 e. The zero-order valence-corrected chi connectivity index (χ0v) is 12.2. The minimum absolute atomic E-state index is 0.0251. The van der Waals surface area contributed by atoms with Crippen LogP contribution >= 0.6 is 15.9 Å². The van der Waals surface area contributed by atoms with E-state index in [1.165, 1.54) is 4.90 Å². The zero-order valence-electron chi connectivity index (χ0n) is 10.6. The lowest BCUT2D eigenvalue weighted by Crippen LogP contribution is -2.49. The number of halogens is 1. The molecule has 0 atom stereocenters. The van der Waals surface area contributed by atoms with Gasteiger partial charge >= 0.3 is 0 Å². The maximum absolute atomic E-state index is 11.9. The van der Waals surface area contributed by atoms with Gasteiger partial charge in [0.05, 0.1) is 6.54 Å². The highest BCUT2D eigenvalue weighted by Crippen LogP contribution is 2.15. The second kappa shape index (κ2) is 6.21. The van der Waals surface area contributed by atoms with Crippen LogP contribution in [0.1, 0.15) is 10.6 Å². The molecule has 0 aromatic carbocycles. The molecule has 1 aromatic rings. The molecule has 2 rings (SSSR count). The lowest BCUT2D eigenvalue weighted by molar-refractivity contribution is -0.121. The summed E-state index contributed by atoms with van der Waals surface area (Å²) in [4.78, 5) is 24.9. The maximum Gasteiger partial charge on any atom is 0.289 e. The fraction of sp³-hybridized carbons (Fsp3) is 0.500. The molecule has 0 radical (unpaired) electrons. The third kappa shape index (κ3) is 3.81. The standard InChI is InChI=1S/C12H16BrN3O3/c1-16(12(18)9-2-3-10(13)19-9)7-11(17)15-6-8-4-14-5-8/h2-3,8,14H,4-7H2,1H3,(H,15,17). The second-order valence-corrected chi connectivity index (χ2v) is 5.37. The minimum Gasteiger partial charge on any atom is -0.444 e. The van der Waals surface area contributed by atoms with Gasteiger partial charge in [-0.3, -0.25) is 9.59 Å². The van der Waals surface area contributed by atoms with Crippen molar-refractivity contribution >= 4 is 27.7 Å². The van der Waals surface area contributed by atoms with Crippen molar-refractivity contribution in [2.24, 2.45) is 5.92 Å². The molecule has 19 heavy (non-hydrogen) atoms. The topological polar surface area (TPSA) is 74.6 Å². The first-order valence-corrected chi connectivity index (χ1v) is 6.84. The van der Waals surface area contributed by atoms with Gasteiger partial charge in [0.15, 0.2) is 10.4 Å². The third-order valence-electron chi connectivity index (χ3n) is 2.97. The van der Waals surface area contributed by atoms with Gasteiger partial charge in [-0.15, -0.1) is 0 Å². The number of likely N-dealkylation sites (N-methyl/N-ethyl adjacent to an activating group) is 1. The molecule has 0 aliphatic carbocycles. The lowest BCUT2D eigenvalue weighted by Gasteiger charge is -2.27. The summed E-state index contributed by atoms with van der Waals surface area (Å²) in [5, 5.41) is 5.95. The molecule has 0 bridgehead atoms. The largest absolute Gasteiger partial charge is 0.444 e. The van der Waals surface area contributed by atoms with Crippen molar-refractivity contribution in [3.8, 4) is 0 Å². The van der Waals surface area contributed by atoms with Crippen LogP contribution in [0.4, 0.5) is 0 Å². The Labute approximate surface area is 119 Å². The van der Waals surface area contributed by atoms with Gasteiger partial charge in [0.25, 0.3) is 5.91 Å². The zero-order chi connectivity index (χ0) is 13.8. The Balaban J connectivity index is 1.77. The Morgan fingerprint density at radius 1 is 1.53 bits per heavy atom. The van der Waals surface area contributed by atoms with E-state index in [1.54, 1.807) is 19.2 Å². The third-order valence-corrected chi connectivity index (χ3v) is 3.39. The molecule has 2 amide bonds. The van der Waals surface area contributed by atoms with Crippen LogP contribution < -0.4 is 10.6 Å². The molecule has 1 fully saturated rings. The Kier molecular flexibility index (Phi) is 4.60. The first-order chi connectivity index (χ1) is 9.06. The lowest BCUT2D eigenvalue weighted by atomic mass is 10.0. The quantitative estimate of drug-likeness (QED) is 0.822. The molecule has 1 saturated heterocycles. The van der Waals surface area contributed by atoms with Gasteiger partial charge in [0.1, 0.15) is 0 Å². The number of carbonyl (C=O) groups excluding carboxylic acids is 2. The van der Waals surface area contributed by atoms with E-state index in [4.69, 9.17) is 4.42 Å². The molecule has 1 aliphatic heterocycles. The van der Waals surface area contributed by atoms with Crippen molar-refractivity contribution in [3.63, 3.8) is 0 Å². The SMILES string of the molecule is CN(CC(=O)NCC1CNC1)C(=O)c1ccc(Br)o1. The molecule has 2 heterocycles. The number of hydrogen-bond donors (Lipinski definition) is 2. The monoisotopic (exact) mass is 329 g/mol. The molecule has 7 heteroatoms. The Morgan fingerprint density at radius 3 is 2.79 bits per heavy atom. The van der Waals surface area contributed by atoms with Gasteiger partial charge in [-0.1, -0.05) is 0 Å². The van der Waals surface area contributed by atoms with Crippen molar-refractivity contribution in [2.75, 3.05) is 33.2 Å². The summed E-state index contributed by atoms with van der Waals surface area (Å²) in [5.74, 6) is 0.246. The van der Waals surface area contributed by atoms with Crippen LogP contribution in [-0.4, -0.2) is 49.9 Å². The van der Waals surface area contributed by atoms with E-state index in [9.17, 15) is 9.59 Å². The van der Waals surface area contributed by atoms with Crippen LogP contribution in [0, 0.1) is 5.92 Å². The number of nitrogens with zero attached hydrogens (tertiary/aromatic N) is 1. The highest BCUT2D eigenvalue weighted by molar-refractivity contribution is 9.10. The molecular weight excluding hydrogens is 314 g/mol. The summed E-state index contributed by atoms with van der Waals surface area (Å²) in [6.45, 7) is 2.56. The van der Waals surface area contributed by atoms with Crippen molar-refractivity contribution < 1.29 is 14.0 Å². The van der Waals surface area contributed by atoms with E-state index in [0.29, 0.717) is 17.1 Å². The first-order valence-electron chi connectivity index (χ1n) is 6.04. The Bertz CT molecular complexity index is 471. The summed E-state index contributed by atoms with van der Waals surface area (Å²) >= 11 is 3.13. The van der Waals surface area contributed by atoms with Crippen LogP contribution in [0.25, 0.3) is 0 Å². The highest BCUT2D eigenvalue weighted by Gasteiger charge is 2.20. The van der Waals surface area contributed by atoms with Crippen LogP contribution in [0.5, 0.6) is 0 Å². The summed E-state index contributed by atoms with van der Waals surface area (Å²) < 4.78 is 5.65. The van der Waals surface area contributed by atoms with E-state index in [2.05, 4.69) is 26.6 Å². The summed E-state index contributed by atoms with van der Waals surface area (Å²) in [7, 11) is 1.57. The number of nitrogens with one attached hydrogen (secondary N) is 2. The highest BCUT2D eigenvalue weighted by atomic mass is 79.9. The number of rotatable bonds is 5. The fourth-order valence-electron chi connectivity index (χ4n) is 1.71. The van der Waals surface area contributed by atoms with E-state index in [0.717, 1.165) is 13.1 Å². The van der Waals surface area contributed by atoms with Crippen molar-refractivity contribution in [3.05, 3.63) is 22.6 Å². The van der Waals surface area contributed by atoms with Crippen LogP contribution in [0.2, 0.25) is 0 Å². The molecular formula is C12H16BrN3O3. The van der Waals surface area contributed by atoms with Gasteiger partial charge < -0.3 is 20.0 Å². The summed E-state index contributed by atoms with van der Waals surface area (Å²) in [5.41, 5.74) is 0. The average Bonchev–Trinajstić information content (AvgIpc) is 2.72. The predicted octanol–water partition coefficient (Wildman–Crippen LogP) is 0.450. The maximum atomic E-state index is 11.9. The molecule has 0 saturated carbocycles. The first kappa shape index (κ1) is 14.1. The van der Waals surface area contributed by atoms with Gasteiger partial charge in [-0.2, -0.15) is 0 Å². The van der Waals surface area contributed by atoms with Crippen LogP contribution in [-0.2, 0) is 4.79 Å². The molecule has 6 nitrogen and oxygen atoms in total. The van der Waals surface area contributed by atoms with Crippen LogP contribution in [0.15, 0.2) is 21.2 Å². The normalized spacial score (nSPS) is 14.8. The van der Waals surface area contributed by atoms with E-state index in [-0.39, 0.29) is 24.1 Å². The Morgan fingerprint density at radius 2 is 2.26 bits per heavy atom. The molecule has 0 spiro atoms. The number of hydrogen-bond acceptors (Lipinski definition) is 4. The van der Waals surface area contributed by atoms with Crippen LogP contribution in [0.3, 0.4) is 0 Å². The predicted molar refractivity (Wildman–Crippen MR) is 72.7 cm³/mol. The molecule has 104 valence electrons. The molecule has 1 aromatic heterocycles. The molecule has 0 unspecified atom stereocenters. The van der Waals surface area contributed by atoms with Crippen molar-refractivity contribution in [2.45, 2.75) is 0 Å². The number of furan rings is 1. The van der Waals surface area contributed by atoms with Crippen molar-refractivity contribution in [1.29, 1.82) is 0 Å². The second-order valence-electron chi connectivity index (χ2n) is 4.59. The van der Waals surface area contributed by atoms with Gasteiger partial charge in [0.2, 0.25) is 5.91 Å². The number of carbonyl (C=O) groups is 2. The molecule has 1 aliphatic rings. The average molecular weight is 330 g/mol. The van der Waals surface area contributed by atoms with E-state index >= 15 is 0 Å². The van der Waals surface area contributed by atoms with Gasteiger partial charge in [-0.05, 0) is 28.1 Å². The van der Waals surface area contributed by atoms with E-state index < -0.39 is 0 Å².